The third-order valence-corrected chi connectivity index (χ3v) is 3.93. The lowest BCUT2D eigenvalue weighted by Gasteiger charge is -2.33. The molecule has 0 spiro atoms. The average molecular weight is 225 g/mol. The number of aliphatic carboxylic acids is 1. The Labute approximate surface area is 95.6 Å². The minimum absolute atomic E-state index is 0.0342. The minimum atomic E-state index is -0.833. The first kappa shape index (κ1) is 11.4. The van der Waals surface area contributed by atoms with Gasteiger partial charge in [-0.05, 0) is 31.6 Å². The Morgan fingerprint density at radius 3 is 2.44 bits per heavy atom. The molecule has 0 aromatic heterocycles. The monoisotopic (exact) mass is 225 g/mol. The number of hydrogen-bond acceptors (Lipinski definition) is 2. The van der Waals surface area contributed by atoms with Crippen LogP contribution in [0.3, 0.4) is 0 Å². The zero-order valence-electron chi connectivity index (χ0n) is 9.69. The van der Waals surface area contributed by atoms with E-state index in [4.69, 9.17) is 5.11 Å². The smallest absolute Gasteiger partial charge is 0.308 e. The predicted molar refractivity (Wildman–Crippen MR) is 58.9 cm³/mol. The SMILES string of the molecule is CC1CCC(N2C[C@H](C(=O)O)CC2=O)CC1. The topological polar surface area (TPSA) is 57.6 Å². The zero-order valence-corrected chi connectivity index (χ0v) is 9.69. The molecule has 0 bridgehead atoms. The molecule has 1 saturated heterocycles. The van der Waals surface area contributed by atoms with Crippen molar-refractivity contribution in [3.05, 3.63) is 0 Å². The molecule has 0 aromatic carbocycles. The quantitative estimate of drug-likeness (QED) is 0.774. The molecule has 1 heterocycles. The van der Waals surface area contributed by atoms with Crippen LogP contribution in [-0.4, -0.2) is 34.5 Å². The summed E-state index contributed by atoms with van der Waals surface area (Å²) in [4.78, 5) is 24.4. The van der Waals surface area contributed by atoms with Crippen LogP contribution in [0.25, 0.3) is 0 Å². The van der Waals surface area contributed by atoms with E-state index in [0.717, 1.165) is 31.6 Å². The largest absolute Gasteiger partial charge is 0.481 e. The van der Waals surface area contributed by atoms with Gasteiger partial charge in [0.2, 0.25) is 5.91 Å². The standard InChI is InChI=1S/C12H19NO3/c1-8-2-4-10(5-3-8)13-7-9(12(15)16)6-11(13)14/h8-10H,2-7H2,1H3,(H,15,16)/t8?,9-,10?/m1/s1. The van der Waals surface area contributed by atoms with Gasteiger partial charge in [0.15, 0.2) is 0 Å². The molecule has 1 aliphatic heterocycles. The third kappa shape index (κ3) is 2.20. The summed E-state index contributed by atoms with van der Waals surface area (Å²) in [5, 5.41) is 8.91. The number of likely N-dealkylation sites (tertiary alicyclic amines) is 1. The Balaban J connectivity index is 1.95. The highest BCUT2D eigenvalue weighted by molar-refractivity contribution is 5.86. The first-order valence-corrected chi connectivity index (χ1v) is 6.10. The van der Waals surface area contributed by atoms with Gasteiger partial charge in [-0.3, -0.25) is 9.59 Å². The van der Waals surface area contributed by atoms with Gasteiger partial charge in [0, 0.05) is 19.0 Å². The van der Waals surface area contributed by atoms with Gasteiger partial charge in [-0.1, -0.05) is 6.92 Å². The van der Waals surface area contributed by atoms with Crippen molar-refractivity contribution in [3.63, 3.8) is 0 Å². The molecule has 0 unspecified atom stereocenters. The third-order valence-electron chi connectivity index (χ3n) is 3.93. The maximum absolute atomic E-state index is 11.7. The zero-order chi connectivity index (χ0) is 11.7. The first-order chi connectivity index (χ1) is 7.58. The van der Waals surface area contributed by atoms with Gasteiger partial charge in [-0.15, -0.1) is 0 Å². The van der Waals surface area contributed by atoms with Gasteiger partial charge in [0.05, 0.1) is 5.92 Å². The lowest BCUT2D eigenvalue weighted by atomic mass is 9.87. The summed E-state index contributed by atoms with van der Waals surface area (Å²) in [6, 6.07) is 0.299. The van der Waals surface area contributed by atoms with Crippen molar-refractivity contribution in [3.8, 4) is 0 Å². The number of hydrogen-bond donors (Lipinski definition) is 1. The second-order valence-corrected chi connectivity index (χ2v) is 5.20. The second-order valence-electron chi connectivity index (χ2n) is 5.20. The molecule has 1 saturated carbocycles. The highest BCUT2D eigenvalue weighted by atomic mass is 16.4. The predicted octanol–water partition coefficient (Wildman–Crippen LogP) is 1.50. The summed E-state index contributed by atoms with van der Waals surface area (Å²) in [6.07, 6.45) is 4.60. The number of rotatable bonds is 2. The molecule has 90 valence electrons. The average Bonchev–Trinajstić information content (AvgIpc) is 2.62. The molecule has 0 radical (unpaired) electrons. The van der Waals surface area contributed by atoms with Gasteiger partial charge in [-0.2, -0.15) is 0 Å². The van der Waals surface area contributed by atoms with Crippen LogP contribution in [0.4, 0.5) is 0 Å². The number of carboxylic acid groups (broad SMARTS) is 1. The summed E-state index contributed by atoms with van der Waals surface area (Å²) in [6.45, 7) is 2.66. The van der Waals surface area contributed by atoms with Gasteiger partial charge in [0.1, 0.15) is 0 Å². The summed E-state index contributed by atoms with van der Waals surface area (Å²) < 4.78 is 0. The normalized spacial score (nSPS) is 35.4. The summed E-state index contributed by atoms with van der Waals surface area (Å²) >= 11 is 0. The second kappa shape index (κ2) is 4.44. The van der Waals surface area contributed by atoms with Crippen LogP contribution in [-0.2, 0) is 9.59 Å². The van der Waals surface area contributed by atoms with Crippen LogP contribution < -0.4 is 0 Å². The summed E-state index contributed by atoms with van der Waals surface area (Å²) in [5.74, 6) is -0.525. The Kier molecular flexibility index (Phi) is 3.17. The van der Waals surface area contributed by atoms with E-state index in [2.05, 4.69) is 6.92 Å². The Bertz CT molecular complexity index is 295. The highest BCUT2D eigenvalue weighted by Gasteiger charge is 2.38. The fourth-order valence-electron chi connectivity index (χ4n) is 2.80. The van der Waals surface area contributed by atoms with Crippen LogP contribution in [0.2, 0.25) is 0 Å². The van der Waals surface area contributed by atoms with E-state index in [1.807, 2.05) is 4.90 Å². The Morgan fingerprint density at radius 1 is 1.31 bits per heavy atom. The van der Waals surface area contributed by atoms with Crippen LogP contribution in [0, 0.1) is 11.8 Å². The number of carboxylic acids is 1. The van der Waals surface area contributed by atoms with E-state index in [1.165, 1.54) is 0 Å². The first-order valence-electron chi connectivity index (χ1n) is 6.10. The van der Waals surface area contributed by atoms with Crippen molar-refractivity contribution < 1.29 is 14.7 Å². The lowest BCUT2D eigenvalue weighted by molar-refractivity contribution is -0.141. The number of carbonyl (C=O) groups is 2. The van der Waals surface area contributed by atoms with E-state index >= 15 is 0 Å². The molecule has 2 aliphatic rings. The highest BCUT2D eigenvalue weighted by Crippen LogP contribution is 2.31. The maximum Gasteiger partial charge on any atom is 0.308 e. The molecule has 4 heteroatoms. The van der Waals surface area contributed by atoms with Crippen LogP contribution in [0.5, 0.6) is 0 Å². The summed E-state index contributed by atoms with van der Waals surface area (Å²) in [5.41, 5.74) is 0. The minimum Gasteiger partial charge on any atom is -0.481 e. The molecule has 2 rings (SSSR count). The van der Waals surface area contributed by atoms with Gasteiger partial charge in [-0.25, -0.2) is 0 Å². The van der Waals surface area contributed by atoms with E-state index in [0.29, 0.717) is 12.6 Å². The molecule has 4 nitrogen and oxygen atoms in total. The van der Waals surface area contributed by atoms with Crippen molar-refractivity contribution in [1.82, 2.24) is 4.90 Å². The molecule has 1 atom stereocenters. The van der Waals surface area contributed by atoms with E-state index in [1.54, 1.807) is 0 Å². The van der Waals surface area contributed by atoms with E-state index in [-0.39, 0.29) is 12.3 Å². The summed E-state index contributed by atoms with van der Waals surface area (Å²) in [7, 11) is 0. The van der Waals surface area contributed by atoms with Gasteiger partial charge < -0.3 is 10.0 Å². The Hall–Kier alpha value is -1.06. The van der Waals surface area contributed by atoms with E-state index in [9.17, 15) is 9.59 Å². The number of nitrogens with zero attached hydrogens (tertiary/aromatic N) is 1. The van der Waals surface area contributed by atoms with Crippen LogP contribution >= 0.6 is 0 Å². The maximum atomic E-state index is 11.7. The number of amides is 1. The number of carbonyl (C=O) groups excluding carboxylic acids is 1. The van der Waals surface area contributed by atoms with Crippen molar-refractivity contribution in [2.24, 2.45) is 11.8 Å². The molecule has 1 amide bonds. The molecule has 16 heavy (non-hydrogen) atoms. The fourth-order valence-corrected chi connectivity index (χ4v) is 2.80. The van der Waals surface area contributed by atoms with Crippen LogP contribution in [0.1, 0.15) is 39.0 Å². The van der Waals surface area contributed by atoms with Gasteiger partial charge in [0.25, 0.3) is 0 Å². The van der Waals surface area contributed by atoms with Crippen molar-refractivity contribution >= 4 is 11.9 Å². The van der Waals surface area contributed by atoms with Crippen molar-refractivity contribution in [2.75, 3.05) is 6.54 Å². The molecule has 0 aromatic rings. The fraction of sp³-hybridized carbons (Fsp3) is 0.833. The molecule has 2 fully saturated rings. The molecule has 1 N–H and O–H groups in total. The van der Waals surface area contributed by atoms with Crippen molar-refractivity contribution in [1.29, 1.82) is 0 Å². The van der Waals surface area contributed by atoms with E-state index < -0.39 is 11.9 Å². The molecular formula is C12H19NO3. The van der Waals surface area contributed by atoms with Crippen LogP contribution in [0.15, 0.2) is 0 Å². The lowest BCUT2D eigenvalue weighted by Crippen LogP contribution is -2.39. The molecule has 1 aliphatic carbocycles. The van der Waals surface area contributed by atoms with Crippen molar-refractivity contribution in [2.45, 2.75) is 45.1 Å². The van der Waals surface area contributed by atoms with Gasteiger partial charge >= 0.3 is 5.97 Å². The molecular weight excluding hydrogens is 206 g/mol. The Morgan fingerprint density at radius 2 is 1.94 bits per heavy atom.